The summed E-state index contributed by atoms with van der Waals surface area (Å²) >= 11 is 0. The molecule has 3 N–H and O–H groups in total. The van der Waals surface area contributed by atoms with Crippen LogP contribution in [-0.4, -0.2) is 56.7 Å². The lowest BCUT2D eigenvalue weighted by Crippen LogP contribution is -2.38. The van der Waals surface area contributed by atoms with E-state index in [-0.39, 0.29) is 10.9 Å². The highest BCUT2D eigenvalue weighted by atomic mass is 32.2. The zero-order chi connectivity index (χ0) is 14.8. The Bertz CT molecular complexity index is 554. The van der Waals surface area contributed by atoms with Gasteiger partial charge in [0.05, 0.1) is 11.4 Å². The van der Waals surface area contributed by atoms with Crippen LogP contribution in [0.4, 0.5) is 0 Å². The summed E-state index contributed by atoms with van der Waals surface area (Å²) in [6.45, 7) is 3.62. The lowest BCUT2D eigenvalue weighted by Gasteiger charge is -2.19. The third-order valence-electron chi connectivity index (χ3n) is 3.75. The number of nitrogens with zero attached hydrogens (tertiary/aromatic N) is 2. The third-order valence-corrected chi connectivity index (χ3v) is 5.38. The van der Waals surface area contributed by atoms with Gasteiger partial charge in [-0.25, -0.2) is 13.1 Å². The second kappa shape index (κ2) is 6.21. The van der Waals surface area contributed by atoms with Crippen LogP contribution in [0, 0.1) is 6.92 Å². The Hall–Kier alpha value is -0.960. The fourth-order valence-corrected chi connectivity index (χ4v) is 4.06. The van der Waals surface area contributed by atoms with Crippen LogP contribution < -0.4 is 10.0 Å². The standard InChI is InChI=1S/C12H23N5O2S/c1-9-12(11(8-13-2)16-15-9)20(18,19)14-7-10-5-4-6-17(10)3/h10,13-14H,4-8H2,1-3H3,(H,15,16). The van der Waals surface area contributed by atoms with Crippen LogP contribution in [0.2, 0.25) is 0 Å². The molecule has 8 heteroatoms. The lowest BCUT2D eigenvalue weighted by atomic mass is 10.2. The highest BCUT2D eigenvalue weighted by Crippen LogP contribution is 2.19. The number of H-pyrrole nitrogens is 1. The minimum atomic E-state index is -3.52. The highest BCUT2D eigenvalue weighted by Gasteiger charge is 2.27. The van der Waals surface area contributed by atoms with Crippen LogP contribution in [0.15, 0.2) is 4.90 Å². The van der Waals surface area contributed by atoms with Crippen molar-refractivity contribution >= 4 is 10.0 Å². The number of aryl methyl sites for hydroxylation is 1. The predicted octanol–water partition coefficient (Wildman–Crippen LogP) is -0.190. The molecule has 0 bridgehead atoms. The molecule has 0 saturated carbocycles. The topological polar surface area (TPSA) is 90.1 Å². The number of aromatic nitrogens is 2. The maximum Gasteiger partial charge on any atom is 0.244 e. The first kappa shape index (κ1) is 15.4. The van der Waals surface area contributed by atoms with Crippen LogP contribution in [0.5, 0.6) is 0 Å². The van der Waals surface area contributed by atoms with E-state index in [1.54, 1.807) is 14.0 Å². The van der Waals surface area contributed by atoms with Gasteiger partial charge in [-0.05, 0) is 40.4 Å². The van der Waals surface area contributed by atoms with Gasteiger partial charge in [0.15, 0.2) is 0 Å². The molecule has 1 saturated heterocycles. The van der Waals surface area contributed by atoms with Crippen molar-refractivity contribution < 1.29 is 8.42 Å². The quantitative estimate of drug-likeness (QED) is 0.677. The zero-order valence-electron chi connectivity index (χ0n) is 12.2. The molecule has 0 aliphatic carbocycles. The normalized spacial score (nSPS) is 20.6. The van der Waals surface area contributed by atoms with Gasteiger partial charge in [-0.3, -0.25) is 5.10 Å². The summed E-state index contributed by atoms with van der Waals surface area (Å²) in [7, 11) is 0.273. The molecule has 1 aliphatic rings. The molecule has 0 radical (unpaired) electrons. The number of sulfonamides is 1. The Morgan fingerprint density at radius 3 is 2.85 bits per heavy atom. The van der Waals surface area contributed by atoms with E-state index in [1.165, 1.54) is 0 Å². The molecule has 0 spiro atoms. The fraction of sp³-hybridized carbons (Fsp3) is 0.750. The van der Waals surface area contributed by atoms with Crippen molar-refractivity contribution in [2.24, 2.45) is 0 Å². The summed E-state index contributed by atoms with van der Waals surface area (Å²) in [6.07, 6.45) is 2.16. The SMILES string of the molecule is CNCc1n[nH]c(C)c1S(=O)(=O)NCC1CCCN1C. The smallest absolute Gasteiger partial charge is 0.244 e. The molecule has 0 amide bonds. The number of likely N-dealkylation sites (tertiary alicyclic amines) is 1. The second-order valence-corrected chi connectivity index (χ2v) is 6.99. The Balaban J connectivity index is 2.12. The van der Waals surface area contributed by atoms with Crippen molar-refractivity contribution in [3.63, 3.8) is 0 Å². The molecule has 0 aromatic carbocycles. The third kappa shape index (κ3) is 3.20. The second-order valence-electron chi connectivity index (χ2n) is 5.28. The molecule has 7 nitrogen and oxygen atoms in total. The van der Waals surface area contributed by atoms with Gasteiger partial charge < -0.3 is 10.2 Å². The molecule has 1 fully saturated rings. The van der Waals surface area contributed by atoms with Crippen LogP contribution in [-0.2, 0) is 16.6 Å². The van der Waals surface area contributed by atoms with E-state index in [4.69, 9.17) is 0 Å². The molecular weight excluding hydrogens is 278 g/mol. The number of likely N-dealkylation sites (N-methyl/N-ethyl adjacent to an activating group) is 1. The van der Waals surface area contributed by atoms with Crippen LogP contribution >= 0.6 is 0 Å². The first-order valence-corrected chi connectivity index (χ1v) is 8.32. The number of hydrogen-bond donors (Lipinski definition) is 3. The predicted molar refractivity (Wildman–Crippen MR) is 76.9 cm³/mol. The average Bonchev–Trinajstić information content (AvgIpc) is 2.94. The van der Waals surface area contributed by atoms with E-state index in [0.29, 0.717) is 24.5 Å². The summed E-state index contributed by atoms with van der Waals surface area (Å²) in [5.41, 5.74) is 1.10. The van der Waals surface area contributed by atoms with Gasteiger partial charge in [0, 0.05) is 19.1 Å². The Labute approximate surface area is 120 Å². The van der Waals surface area contributed by atoms with E-state index in [9.17, 15) is 8.42 Å². The van der Waals surface area contributed by atoms with Crippen LogP contribution in [0.3, 0.4) is 0 Å². The zero-order valence-corrected chi connectivity index (χ0v) is 13.0. The molecular formula is C12H23N5O2S. The minimum absolute atomic E-state index is 0.271. The Kier molecular flexibility index (Phi) is 4.79. The van der Waals surface area contributed by atoms with E-state index < -0.39 is 10.0 Å². The van der Waals surface area contributed by atoms with E-state index in [2.05, 4.69) is 25.1 Å². The molecule has 2 rings (SSSR count). The van der Waals surface area contributed by atoms with Gasteiger partial charge in [-0.1, -0.05) is 0 Å². The monoisotopic (exact) mass is 301 g/mol. The summed E-state index contributed by atoms with van der Waals surface area (Å²) in [4.78, 5) is 2.46. The molecule has 1 aliphatic heterocycles. The van der Waals surface area contributed by atoms with E-state index in [0.717, 1.165) is 19.4 Å². The van der Waals surface area contributed by atoms with Crippen molar-refractivity contribution in [3.8, 4) is 0 Å². The van der Waals surface area contributed by atoms with Gasteiger partial charge in [0.25, 0.3) is 0 Å². The van der Waals surface area contributed by atoms with Crippen LogP contribution in [0.25, 0.3) is 0 Å². The van der Waals surface area contributed by atoms with Crippen molar-refractivity contribution in [1.82, 2.24) is 25.1 Å². The van der Waals surface area contributed by atoms with Crippen molar-refractivity contribution in [1.29, 1.82) is 0 Å². The van der Waals surface area contributed by atoms with Crippen LogP contribution in [0.1, 0.15) is 24.2 Å². The van der Waals surface area contributed by atoms with Crippen molar-refractivity contribution in [3.05, 3.63) is 11.4 Å². The first-order chi connectivity index (χ1) is 9.45. The number of nitrogens with one attached hydrogen (secondary N) is 3. The molecule has 2 heterocycles. The Morgan fingerprint density at radius 2 is 2.25 bits per heavy atom. The van der Waals surface area contributed by atoms with Crippen molar-refractivity contribution in [2.75, 3.05) is 27.2 Å². The molecule has 1 aromatic rings. The fourth-order valence-electron chi connectivity index (χ4n) is 2.63. The lowest BCUT2D eigenvalue weighted by molar-refractivity contribution is 0.311. The van der Waals surface area contributed by atoms with Gasteiger partial charge in [-0.2, -0.15) is 5.10 Å². The summed E-state index contributed by atoms with van der Waals surface area (Å²) < 4.78 is 27.6. The van der Waals surface area contributed by atoms with Gasteiger partial charge >= 0.3 is 0 Å². The molecule has 1 atom stereocenters. The maximum absolute atomic E-state index is 12.5. The molecule has 1 aromatic heterocycles. The number of hydrogen-bond acceptors (Lipinski definition) is 5. The first-order valence-electron chi connectivity index (χ1n) is 6.84. The van der Waals surface area contributed by atoms with Gasteiger partial charge in [0.2, 0.25) is 10.0 Å². The summed E-state index contributed by atoms with van der Waals surface area (Å²) in [5, 5.41) is 9.73. The van der Waals surface area contributed by atoms with E-state index >= 15 is 0 Å². The van der Waals surface area contributed by atoms with Gasteiger partial charge in [-0.15, -0.1) is 0 Å². The average molecular weight is 301 g/mol. The van der Waals surface area contributed by atoms with E-state index in [1.807, 2.05) is 7.05 Å². The minimum Gasteiger partial charge on any atom is -0.314 e. The highest BCUT2D eigenvalue weighted by molar-refractivity contribution is 7.89. The Morgan fingerprint density at radius 1 is 1.50 bits per heavy atom. The molecule has 1 unspecified atom stereocenters. The number of rotatable bonds is 6. The maximum atomic E-state index is 12.5. The van der Waals surface area contributed by atoms with Crippen molar-refractivity contribution in [2.45, 2.75) is 37.2 Å². The molecule has 20 heavy (non-hydrogen) atoms. The van der Waals surface area contributed by atoms with Gasteiger partial charge in [0.1, 0.15) is 4.90 Å². The number of aromatic amines is 1. The largest absolute Gasteiger partial charge is 0.314 e. The summed E-state index contributed by atoms with van der Waals surface area (Å²) in [6, 6.07) is 0.282. The molecule has 114 valence electrons. The summed E-state index contributed by atoms with van der Waals surface area (Å²) in [5.74, 6) is 0.